The molecule has 5 nitrogen and oxygen atoms in total. The summed E-state index contributed by atoms with van der Waals surface area (Å²) in [5.41, 5.74) is 3.88. The molecule has 0 unspecified atom stereocenters. The number of aryl methyl sites for hydroxylation is 1. The SMILES string of the molecule is COCCCNC(=O)C[C@H](c1ccc(C)cc1)N1Cc2ccccc2C1=O. The van der Waals surface area contributed by atoms with Crippen molar-refractivity contribution in [2.45, 2.75) is 32.4 Å². The van der Waals surface area contributed by atoms with Crippen LogP contribution in [0.4, 0.5) is 0 Å². The molecule has 2 amide bonds. The Morgan fingerprint density at radius 3 is 2.63 bits per heavy atom. The molecule has 142 valence electrons. The van der Waals surface area contributed by atoms with Crippen LogP contribution in [0.5, 0.6) is 0 Å². The Bertz CT molecular complexity index is 801. The number of nitrogens with zero attached hydrogens (tertiary/aromatic N) is 1. The lowest BCUT2D eigenvalue weighted by atomic mass is 10.00. The topological polar surface area (TPSA) is 58.6 Å². The molecule has 27 heavy (non-hydrogen) atoms. The van der Waals surface area contributed by atoms with Gasteiger partial charge in [-0.3, -0.25) is 9.59 Å². The highest BCUT2D eigenvalue weighted by Gasteiger charge is 2.34. The molecule has 0 radical (unpaired) electrons. The average molecular weight is 366 g/mol. The van der Waals surface area contributed by atoms with Gasteiger partial charge in [-0.05, 0) is 30.5 Å². The minimum atomic E-state index is -0.284. The van der Waals surface area contributed by atoms with Crippen LogP contribution in [0.2, 0.25) is 0 Å². The highest BCUT2D eigenvalue weighted by Crippen LogP contribution is 2.33. The number of rotatable bonds is 8. The summed E-state index contributed by atoms with van der Waals surface area (Å²) in [5, 5.41) is 2.93. The van der Waals surface area contributed by atoms with Crippen LogP contribution in [0.15, 0.2) is 48.5 Å². The lowest BCUT2D eigenvalue weighted by Crippen LogP contribution is -2.34. The van der Waals surface area contributed by atoms with Crippen molar-refractivity contribution >= 4 is 11.8 Å². The predicted molar refractivity (Wildman–Crippen MR) is 104 cm³/mol. The van der Waals surface area contributed by atoms with Gasteiger partial charge in [-0.2, -0.15) is 0 Å². The average Bonchev–Trinajstić information content (AvgIpc) is 3.01. The molecule has 1 N–H and O–H groups in total. The summed E-state index contributed by atoms with van der Waals surface area (Å²) >= 11 is 0. The lowest BCUT2D eigenvalue weighted by molar-refractivity contribution is -0.122. The van der Waals surface area contributed by atoms with Gasteiger partial charge in [0.15, 0.2) is 0 Å². The Labute approximate surface area is 160 Å². The van der Waals surface area contributed by atoms with Gasteiger partial charge in [-0.1, -0.05) is 48.0 Å². The van der Waals surface area contributed by atoms with E-state index in [4.69, 9.17) is 4.74 Å². The van der Waals surface area contributed by atoms with Gasteiger partial charge >= 0.3 is 0 Å². The van der Waals surface area contributed by atoms with Crippen molar-refractivity contribution < 1.29 is 14.3 Å². The third-order valence-corrected chi connectivity index (χ3v) is 4.91. The second kappa shape index (κ2) is 8.82. The second-order valence-corrected chi connectivity index (χ2v) is 6.92. The number of methoxy groups -OCH3 is 1. The fourth-order valence-electron chi connectivity index (χ4n) is 3.42. The van der Waals surface area contributed by atoms with Crippen molar-refractivity contribution in [1.29, 1.82) is 0 Å². The van der Waals surface area contributed by atoms with Gasteiger partial charge in [0.1, 0.15) is 0 Å². The fraction of sp³-hybridized carbons (Fsp3) is 0.364. The molecular formula is C22H26N2O3. The summed E-state index contributed by atoms with van der Waals surface area (Å²) in [6.07, 6.45) is 1.02. The third kappa shape index (κ3) is 4.55. The van der Waals surface area contributed by atoms with Crippen molar-refractivity contribution in [1.82, 2.24) is 10.2 Å². The van der Waals surface area contributed by atoms with Crippen LogP contribution in [0, 0.1) is 6.92 Å². The largest absolute Gasteiger partial charge is 0.385 e. The van der Waals surface area contributed by atoms with Crippen molar-refractivity contribution in [3.8, 4) is 0 Å². The molecule has 0 aromatic heterocycles. The number of hydrogen-bond acceptors (Lipinski definition) is 3. The van der Waals surface area contributed by atoms with Crippen molar-refractivity contribution in [3.63, 3.8) is 0 Å². The van der Waals surface area contributed by atoms with Crippen LogP contribution in [0.1, 0.15) is 45.9 Å². The van der Waals surface area contributed by atoms with E-state index in [1.54, 1.807) is 7.11 Å². The number of benzene rings is 2. The molecule has 0 fully saturated rings. The first-order chi connectivity index (χ1) is 13.1. The van der Waals surface area contributed by atoms with Crippen LogP contribution in [-0.4, -0.2) is 37.0 Å². The van der Waals surface area contributed by atoms with Gasteiger partial charge in [0.05, 0.1) is 12.5 Å². The highest BCUT2D eigenvalue weighted by molar-refractivity contribution is 5.98. The first kappa shape index (κ1) is 19.1. The Hall–Kier alpha value is -2.66. The van der Waals surface area contributed by atoms with Gasteiger partial charge in [0.25, 0.3) is 5.91 Å². The number of nitrogens with one attached hydrogen (secondary N) is 1. The Balaban J connectivity index is 1.78. The van der Waals surface area contributed by atoms with Crippen LogP contribution in [-0.2, 0) is 16.1 Å². The number of carbonyl (C=O) groups excluding carboxylic acids is 2. The maximum Gasteiger partial charge on any atom is 0.255 e. The quantitative estimate of drug-likeness (QED) is 0.730. The van der Waals surface area contributed by atoms with Gasteiger partial charge in [0.2, 0.25) is 5.91 Å². The molecule has 1 heterocycles. The van der Waals surface area contributed by atoms with E-state index in [2.05, 4.69) is 5.32 Å². The molecule has 1 aliphatic heterocycles. The van der Waals surface area contributed by atoms with Crippen molar-refractivity contribution in [2.75, 3.05) is 20.3 Å². The summed E-state index contributed by atoms with van der Waals surface area (Å²) in [6, 6.07) is 15.4. The zero-order valence-corrected chi connectivity index (χ0v) is 15.9. The summed E-state index contributed by atoms with van der Waals surface area (Å²) in [5.74, 6) is -0.0659. The standard InChI is InChI=1S/C22H26N2O3/c1-16-8-10-17(11-9-16)20(14-21(25)23-12-5-13-27-2)24-15-18-6-3-4-7-19(18)22(24)26/h3-4,6-11,20H,5,12-15H2,1-2H3,(H,23,25)/t20-/m1/s1. The smallest absolute Gasteiger partial charge is 0.255 e. The molecule has 1 atom stereocenters. The van der Waals surface area contributed by atoms with E-state index in [0.717, 1.165) is 28.7 Å². The molecule has 2 aromatic rings. The molecule has 3 rings (SSSR count). The van der Waals surface area contributed by atoms with Crippen molar-refractivity contribution in [2.24, 2.45) is 0 Å². The van der Waals surface area contributed by atoms with Crippen LogP contribution in [0.3, 0.4) is 0 Å². The molecule has 2 aromatic carbocycles. The van der Waals surface area contributed by atoms with Gasteiger partial charge in [-0.25, -0.2) is 0 Å². The minimum Gasteiger partial charge on any atom is -0.385 e. The van der Waals surface area contributed by atoms with E-state index in [9.17, 15) is 9.59 Å². The van der Waals surface area contributed by atoms with Gasteiger partial charge in [-0.15, -0.1) is 0 Å². The summed E-state index contributed by atoms with van der Waals surface area (Å²) < 4.78 is 5.01. The molecule has 0 saturated carbocycles. The maximum atomic E-state index is 12.9. The summed E-state index contributed by atoms with van der Waals surface area (Å²) in [4.78, 5) is 27.2. The van der Waals surface area contributed by atoms with E-state index in [0.29, 0.717) is 19.7 Å². The van der Waals surface area contributed by atoms with E-state index in [-0.39, 0.29) is 24.3 Å². The van der Waals surface area contributed by atoms with Gasteiger partial charge < -0.3 is 15.0 Å². The number of hydrogen-bond donors (Lipinski definition) is 1. The van der Waals surface area contributed by atoms with E-state index < -0.39 is 0 Å². The lowest BCUT2D eigenvalue weighted by Gasteiger charge is -2.28. The second-order valence-electron chi connectivity index (χ2n) is 6.92. The first-order valence-corrected chi connectivity index (χ1v) is 9.31. The molecule has 0 saturated heterocycles. The molecule has 0 aliphatic carbocycles. The molecule has 1 aliphatic rings. The predicted octanol–water partition coefficient (Wildman–Crippen LogP) is 3.23. The monoisotopic (exact) mass is 366 g/mol. The molecule has 0 bridgehead atoms. The van der Waals surface area contributed by atoms with E-state index >= 15 is 0 Å². The molecular weight excluding hydrogens is 340 g/mol. The zero-order valence-electron chi connectivity index (χ0n) is 15.9. The molecule has 5 heteroatoms. The molecule has 0 spiro atoms. The fourth-order valence-corrected chi connectivity index (χ4v) is 3.42. The normalized spacial score (nSPS) is 14.1. The van der Waals surface area contributed by atoms with Gasteiger partial charge in [0, 0.05) is 32.4 Å². The summed E-state index contributed by atoms with van der Waals surface area (Å²) in [7, 11) is 1.64. The summed E-state index contributed by atoms with van der Waals surface area (Å²) in [6.45, 7) is 3.74. The number of amides is 2. The number of ether oxygens (including phenoxy) is 1. The first-order valence-electron chi connectivity index (χ1n) is 9.31. The van der Waals surface area contributed by atoms with E-state index in [1.807, 2.05) is 60.4 Å². The van der Waals surface area contributed by atoms with Crippen LogP contribution >= 0.6 is 0 Å². The number of carbonyl (C=O) groups is 2. The Morgan fingerprint density at radius 2 is 1.93 bits per heavy atom. The van der Waals surface area contributed by atoms with Crippen LogP contribution in [0.25, 0.3) is 0 Å². The number of fused-ring (bicyclic) bond motifs is 1. The highest BCUT2D eigenvalue weighted by atomic mass is 16.5. The van der Waals surface area contributed by atoms with Crippen molar-refractivity contribution in [3.05, 3.63) is 70.8 Å². The van der Waals surface area contributed by atoms with Crippen LogP contribution < -0.4 is 5.32 Å². The Morgan fingerprint density at radius 1 is 1.19 bits per heavy atom. The third-order valence-electron chi connectivity index (χ3n) is 4.91. The Kier molecular flexibility index (Phi) is 6.24. The van der Waals surface area contributed by atoms with E-state index in [1.165, 1.54) is 0 Å². The maximum absolute atomic E-state index is 12.9. The zero-order chi connectivity index (χ0) is 19.2. The minimum absolute atomic E-state index is 0.0108.